The number of amides is 1. The molecule has 0 bridgehead atoms. The van der Waals surface area contributed by atoms with Gasteiger partial charge in [-0.2, -0.15) is 0 Å². The third-order valence-corrected chi connectivity index (χ3v) is 17.5. The molecule has 55 heavy (non-hydrogen) atoms. The van der Waals surface area contributed by atoms with E-state index in [0.29, 0.717) is 11.5 Å². The minimum atomic E-state index is -2.00. The average Bonchev–Trinajstić information content (AvgIpc) is 3.42. The van der Waals surface area contributed by atoms with Gasteiger partial charge in [0.2, 0.25) is 5.91 Å². The third-order valence-electron chi connectivity index (χ3n) is 12.7. The van der Waals surface area contributed by atoms with Crippen molar-refractivity contribution >= 4 is 20.2 Å². The van der Waals surface area contributed by atoms with Crippen molar-refractivity contribution in [1.29, 1.82) is 0 Å². The van der Waals surface area contributed by atoms with Crippen LogP contribution in [0.25, 0.3) is 0 Å². The van der Waals surface area contributed by atoms with Crippen LogP contribution in [0.2, 0.25) is 18.1 Å². The number of aromatic hydroxyl groups is 1. The van der Waals surface area contributed by atoms with E-state index in [0.717, 1.165) is 84.5 Å². The Bertz CT molecular complexity index is 1750. The molecule has 5 rings (SSSR count). The van der Waals surface area contributed by atoms with Crippen LogP contribution in [0.5, 0.6) is 17.2 Å². The van der Waals surface area contributed by atoms with Crippen molar-refractivity contribution in [1.82, 2.24) is 4.90 Å². The SMILES string of the molecule is C=C(C)[C@@H]1CCC(C)=C[C@H]1c1c(O)cc(CCCCC)cc1OCC1=C(C(=O)OCc2ccc(OC)cc2)N2C(=O)[C@H](C(C)O[Si](CC)(CC)CC)[C@H]2[C@H]1C. The minimum Gasteiger partial charge on any atom is -0.507 e. The summed E-state index contributed by atoms with van der Waals surface area (Å²) in [6.45, 7) is 21.5. The van der Waals surface area contributed by atoms with Gasteiger partial charge in [-0.15, -0.1) is 0 Å². The number of aryl methyl sites for hydroxylation is 1. The summed E-state index contributed by atoms with van der Waals surface area (Å²) in [5, 5.41) is 11.7. The number of methoxy groups -OCH3 is 1. The molecule has 0 saturated carbocycles. The second-order valence-corrected chi connectivity index (χ2v) is 20.9. The molecule has 1 amide bonds. The number of phenolic OH excluding ortho intramolecular Hbond substituents is 1. The first-order valence-corrected chi connectivity index (χ1v) is 23.2. The molecular formula is C46H65NO7Si. The van der Waals surface area contributed by atoms with Crippen molar-refractivity contribution in [3.8, 4) is 17.2 Å². The lowest BCUT2D eigenvalue weighted by atomic mass is 9.73. The Morgan fingerprint density at radius 3 is 2.35 bits per heavy atom. The first-order valence-electron chi connectivity index (χ1n) is 20.7. The van der Waals surface area contributed by atoms with Crippen LogP contribution in [0.1, 0.15) is 110 Å². The summed E-state index contributed by atoms with van der Waals surface area (Å²) < 4.78 is 24.9. The number of esters is 1. The topological polar surface area (TPSA) is 94.5 Å². The number of allylic oxidation sites excluding steroid dienone is 3. The van der Waals surface area contributed by atoms with Gasteiger partial charge in [-0.1, -0.05) is 83.4 Å². The van der Waals surface area contributed by atoms with E-state index in [1.807, 2.05) is 37.3 Å². The molecule has 2 aromatic carbocycles. The fourth-order valence-corrected chi connectivity index (χ4v) is 12.1. The summed E-state index contributed by atoms with van der Waals surface area (Å²) in [4.78, 5) is 30.0. The summed E-state index contributed by atoms with van der Waals surface area (Å²) in [5.41, 5.74) is 5.93. The molecule has 0 radical (unpaired) electrons. The Labute approximate surface area is 331 Å². The van der Waals surface area contributed by atoms with Gasteiger partial charge < -0.3 is 28.6 Å². The van der Waals surface area contributed by atoms with E-state index < -0.39 is 14.3 Å². The Kier molecular flexibility index (Phi) is 14.2. The number of hydrogen-bond acceptors (Lipinski definition) is 7. The molecule has 1 aliphatic carbocycles. The fraction of sp³-hybridized carbons (Fsp3) is 0.565. The first kappa shape index (κ1) is 42.3. The van der Waals surface area contributed by atoms with Gasteiger partial charge in [0, 0.05) is 23.0 Å². The number of phenols is 1. The van der Waals surface area contributed by atoms with Gasteiger partial charge >= 0.3 is 5.97 Å². The second kappa shape index (κ2) is 18.4. The van der Waals surface area contributed by atoms with E-state index in [2.05, 4.69) is 67.2 Å². The maximum atomic E-state index is 14.2. The van der Waals surface area contributed by atoms with Gasteiger partial charge in [-0.25, -0.2) is 4.79 Å². The molecule has 1 fully saturated rings. The van der Waals surface area contributed by atoms with E-state index >= 15 is 0 Å². The highest BCUT2D eigenvalue weighted by Crippen LogP contribution is 2.50. The van der Waals surface area contributed by atoms with Gasteiger partial charge in [-0.3, -0.25) is 4.79 Å². The molecule has 0 spiro atoms. The van der Waals surface area contributed by atoms with Crippen LogP contribution >= 0.6 is 0 Å². The molecular weight excluding hydrogens is 707 g/mol. The predicted octanol–water partition coefficient (Wildman–Crippen LogP) is 10.4. The lowest BCUT2D eigenvalue weighted by Crippen LogP contribution is -2.65. The molecule has 6 atom stereocenters. The number of benzene rings is 2. The van der Waals surface area contributed by atoms with Crippen LogP contribution < -0.4 is 9.47 Å². The summed E-state index contributed by atoms with van der Waals surface area (Å²) in [6.07, 6.45) is 7.95. The second-order valence-electron chi connectivity index (χ2n) is 16.2. The van der Waals surface area contributed by atoms with Gasteiger partial charge in [-0.05, 0) is 106 Å². The highest BCUT2D eigenvalue weighted by Gasteiger charge is 2.61. The van der Waals surface area contributed by atoms with E-state index in [-0.39, 0.29) is 66.4 Å². The summed E-state index contributed by atoms with van der Waals surface area (Å²) in [6, 6.07) is 14.1. The standard InChI is InChI=1S/C46H65NO7Si/c1-11-15-16-17-34-25-39(48)42(37-24-30(7)18-23-36(37)29(5)6)40(26-34)52-28-38-31(8)43-41(32(9)54-55(12-2,13-3)14-4)45(49)47(43)44(38)46(50)53-27-33-19-21-35(51-10)22-20-33/h19-22,24-26,31-32,36-37,41,43,48H,5,11-18,23,27-28H2,1-4,6-10H3/t31-,32?,36-,37+,41+,43+/m0/s1. The largest absolute Gasteiger partial charge is 0.507 e. The van der Waals surface area contributed by atoms with E-state index in [9.17, 15) is 14.7 Å². The smallest absolute Gasteiger partial charge is 0.355 e. The maximum Gasteiger partial charge on any atom is 0.355 e. The average molecular weight is 772 g/mol. The normalized spacial score (nSPS) is 22.9. The molecule has 1 unspecified atom stereocenters. The lowest BCUT2D eigenvalue weighted by Gasteiger charge is -2.49. The number of carbonyl (C=O) groups is 2. The fourth-order valence-electron chi connectivity index (χ4n) is 9.12. The van der Waals surface area contributed by atoms with Gasteiger partial charge in [0.1, 0.15) is 36.2 Å². The Hall–Kier alpha value is -3.82. The van der Waals surface area contributed by atoms with E-state index in [1.165, 1.54) is 5.57 Å². The van der Waals surface area contributed by atoms with Gasteiger partial charge in [0.05, 0.1) is 25.2 Å². The molecule has 1 saturated heterocycles. The highest BCUT2D eigenvalue weighted by atomic mass is 28.4. The lowest BCUT2D eigenvalue weighted by molar-refractivity contribution is -0.163. The van der Waals surface area contributed by atoms with Crippen molar-refractivity contribution in [3.63, 3.8) is 0 Å². The summed E-state index contributed by atoms with van der Waals surface area (Å²) in [5.74, 6) is 0.398. The number of unbranched alkanes of at least 4 members (excludes halogenated alkanes) is 2. The van der Waals surface area contributed by atoms with E-state index in [4.69, 9.17) is 18.6 Å². The Morgan fingerprint density at radius 1 is 1.04 bits per heavy atom. The molecule has 0 aromatic heterocycles. The zero-order valence-electron chi connectivity index (χ0n) is 34.8. The zero-order valence-corrected chi connectivity index (χ0v) is 35.8. The number of fused-ring (bicyclic) bond motifs is 1. The van der Waals surface area contributed by atoms with Crippen LogP contribution in [0.4, 0.5) is 0 Å². The Balaban J connectivity index is 1.51. The third kappa shape index (κ3) is 8.93. The molecule has 2 heterocycles. The number of ether oxygens (including phenoxy) is 3. The maximum absolute atomic E-state index is 14.2. The van der Waals surface area contributed by atoms with Gasteiger partial charge in [0.15, 0.2) is 8.32 Å². The number of β-lactam (4-membered cyclic amide) rings is 1. The van der Waals surface area contributed by atoms with Crippen LogP contribution in [-0.2, 0) is 31.8 Å². The number of rotatable bonds is 19. The van der Waals surface area contributed by atoms with E-state index in [1.54, 1.807) is 12.0 Å². The zero-order chi connectivity index (χ0) is 40.0. The molecule has 3 aliphatic rings. The van der Waals surface area contributed by atoms with Crippen LogP contribution in [0, 0.1) is 17.8 Å². The minimum absolute atomic E-state index is 0.0512. The monoisotopic (exact) mass is 771 g/mol. The van der Waals surface area contributed by atoms with Crippen LogP contribution in [-0.4, -0.2) is 56.1 Å². The molecule has 1 N–H and O–H groups in total. The quantitative estimate of drug-likeness (QED) is 0.0500. The number of carbonyl (C=O) groups excluding carboxylic acids is 2. The van der Waals surface area contributed by atoms with Crippen molar-refractivity contribution in [2.45, 2.75) is 137 Å². The molecule has 2 aromatic rings. The number of nitrogens with zero attached hydrogens (tertiary/aromatic N) is 1. The summed E-state index contributed by atoms with van der Waals surface area (Å²) in [7, 11) is -0.392. The molecule has 300 valence electrons. The van der Waals surface area contributed by atoms with Crippen molar-refractivity contribution in [2.24, 2.45) is 17.8 Å². The van der Waals surface area contributed by atoms with Crippen molar-refractivity contribution in [3.05, 3.63) is 88.2 Å². The van der Waals surface area contributed by atoms with Crippen LogP contribution in [0.3, 0.4) is 0 Å². The Morgan fingerprint density at radius 2 is 1.73 bits per heavy atom. The molecule has 9 heteroatoms. The highest BCUT2D eigenvalue weighted by molar-refractivity contribution is 6.73. The molecule has 2 aliphatic heterocycles. The van der Waals surface area contributed by atoms with Crippen molar-refractivity contribution < 1.29 is 33.3 Å². The summed E-state index contributed by atoms with van der Waals surface area (Å²) >= 11 is 0. The van der Waals surface area contributed by atoms with Crippen LogP contribution in [0.15, 0.2) is 71.5 Å². The first-order chi connectivity index (χ1) is 26.3. The predicted molar refractivity (Wildman–Crippen MR) is 222 cm³/mol. The van der Waals surface area contributed by atoms with Gasteiger partial charge in [0.25, 0.3) is 0 Å². The molecule has 8 nitrogen and oxygen atoms in total. The number of hydrogen-bond donors (Lipinski definition) is 1. The van der Waals surface area contributed by atoms with Crippen molar-refractivity contribution in [2.75, 3.05) is 13.7 Å².